The van der Waals surface area contributed by atoms with Gasteiger partial charge in [-0.2, -0.15) is 18.2 Å². The summed E-state index contributed by atoms with van der Waals surface area (Å²) in [7, 11) is 1.83. The summed E-state index contributed by atoms with van der Waals surface area (Å²) in [5.41, 5.74) is 0.704. The molecule has 0 radical (unpaired) electrons. The van der Waals surface area contributed by atoms with Crippen LogP contribution in [0.25, 0.3) is 0 Å². The third-order valence-electron chi connectivity index (χ3n) is 5.53. The van der Waals surface area contributed by atoms with Gasteiger partial charge in [-0.15, -0.1) is 11.8 Å². The predicted molar refractivity (Wildman–Crippen MR) is 111 cm³/mol. The molecule has 1 fully saturated rings. The van der Waals surface area contributed by atoms with Gasteiger partial charge in [0.1, 0.15) is 11.7 Å². The van der Waals surface area contributed by atoms with Crippen molar-refractivity contribution in [2.24, 2.45) is 0 Å². The summed E-state index contributed by atoms with van der Waals surface area (Å²) in [6.45, 7) is 3.65. The first kappa shape index (κ1) is 20.8. The Bertz CT molecular complexity index is 960. The molecule has 1 aliphatic heterocycles. The number of nitrogens with one attached hydrogen (secondary N) is 2. The van der Waals surface area contributed by atoms with E-state index in [0.29, 0.717) is 28.4 Å². The first-order valence-electron chi connectivity index (χ1n) is 9.64. The SMILES string of the molecule is Cc1nc(N[C@H]2C[C@@H](Sc3ccc(C(F)(F)F)cc3)C2)nc2c1NC(=O)[C@H](C)N2C. The molecule has 2 N–H and O–H groups in total. The Labute approximate surface area is 176 Å². The Morgan fingerprint density at radius 1 is 1.20 bits per heavy atom. The summed E-state index contributed by atoms with van der Waals surface area (Å²) in [5, 5.41) is 6.53. The highest BCUT2D eigenvalue weighted by molar-refractivity contribution is 8.00. The molecule has 1 atom stereocenters. The van der Waals surface area contributed by atoms with Crippen molar-refractivity contribution in [1.29, 1.82) is 0 Å². The van der Waals surface area contributed by atoms with Crippen molar-refractivity contribution < 1.29 is 18.0 Å². The van der Waals surface area contributed by atoms with Gasteiger partial charge in [0.05, 0.1) is 11.3 Å². The Hall–Kier alpha value is -2.49. The Kier molecular flexibility index (Phi) is 5.29. The number of fused-ring (bicyclic) bond motifs is 1. The lowest BCUT2D eigenvalue weighted by Gasteiger charge is -2.36. The summed E-state index contributed by atoms with van der Waals surface area (Å²) < 4.78 is 38.0. The number of carbonyl (C=O) groups excluding carboxylic acids is 1. The Morgan fingerprint density at radius 2 is 1.87 bits per heavy atom. The third-order valence-corrected chi connectivity index (χ3v) is 6.79. The zero-order valence-corrected chi connectivity index (χ0v) is 17.6. The number of aryl methyl sites for hydroxylation is 1. The van der Waals surface area contributed by atoms with E-state index in [-0.39, 0.29) is 18.0 Å². The number of likely N-dealkylation sites (N-methyl/N-ethyl adjacent to an activating group) is 1. The molecule has 1 saturated carbocycles. The number of anilines is 3. The number of amides is 1. The quantitative estimate of drug-likeness (QED) is 0.743. The van der Waals surface area contributed by atoms with Crippen molar-refractivity contribution in [2.45, 2.75) is 55.1 Å². The van der Waals surface area contributed by atoms with E-state index < -0.39 is 11.7 Å². The van der Waals surface area contributed by atoms with Gasteiger partial charge < -0.3 is 15.5 Å². The fourth-order valence-corrected chi connectivity index (χ4v) is 4.82. The molecule has 1 aliphatic carbocycles. The van der Waals surface area contributed by atoms with Gasteiger partial charge in [0.2, 0.25) is 11.9 Å². The van der Waals surface area contributed by atoms with Gasteiger partial charge in [0.25, 0.3) is 0 Å². The number of rotatable bonds is 4. The number of hydrogen-bond acceptors (Lipinski definition) is 6. The molecule has 160 valence electrons. The zero-order valence-electron chi connectivity index (χ0n) is 16.7. The second kappa shape index (κ2) is 7.64. The van der Waals surface area contributed by atoms with Crippen LogP contribution >= 0.6 is 11.8 Å². The summed E-state index contributed by atoms with van der Waals surface area (Å²) in [6, 6.07) is 5.18. The molecule has 2 aliphatic rings. The number of hydrogen-bond donors (Lipinski definition) is 2. The first-order valence-corrected chi connectivity index (χ1v) is 10.5. The first-order chi connectivity index (χ1) is 14.1. The molecule has 0 unspecified atom stereocenters. The minimum Gasteiger partial charge on any atom is -0.351 e. The molecule has 2 heterocycles. The molecular weight excluding hydrogens is 415 g/mol. The van der Waals surface area contributed by atoms with Crippen LogP contribution in [0.5, 0.6) is 0 Å². The van der Waals surface area contributed by atoms with Crippen LogP contribution in [-0.4, -0.2) is 40.3 Å². The normalized spacial score (nSPS) is 23.5. The van der Waals surface area contributed by atoms with Crippen LogP contribution in [-0.2, 0) is 11.0 Å². The molecule has 0 spiro atoms. The smallest absolute Gasteiger partial charge is 0.351 e. The van der Waals surface area contributed by atoms with E-state index >= 15 is 0 Å². The maximum Gasteiger partial charge on any atom is 0.416 e. The fraction of sp³-hybridized carbons (Fsp3) is 0.450. The number of nitrogens with zero attached hydrogens (tertiary/aromatic N) is 3. The maximum absolute atomic E-state index is 12.7. The van der Waals surface area contributed by atoms with Gasteiger partial charge in [-0.25, -0.2) is 4.98 Å². The molecule has 1 aromatic carbocycles. The average molecular weight is 437 g/mol. The summed E-state index contributed by atoms with van der Waals surface area (Å²) in [6.07, 6.45) is -2.57. The van der Waals surface area contributed by atoms with Crippen molar-refractivity contribution in [3.63, 3.8) is 0 Å². The van der Waals surface area contributed by atoms with Crippen LogP contribution in [0.4, 0.5) is 30.6 Å². The van der Waals surface area contributed by atoms with Gasteiger partial charge in [-0.1, -0.05) is 0 Å². The molecule has 1 aromatic heterocycles. The molecule has 1 amide bonds. The second-order valence-electron chi connectivity index (χ2n) is 7.68. The van der Waals surface area contributed by atoms with Crippen LogP contribution in [0.15, 0.2) is 29.2 Å². The van der Waals surface area contributed by atoms with E-state index in [1.165, 1.54) is 12.1 Å². The zero-order chi connectivity index (χ0) is 21.6. The van der Waals surface area contributed by atoms with E-state index in [1.807, 2.05) is 25.8 Å². The Morgan fingerprint density at radius 3 is 2.50 bits per heavy atom. The summed E-state index contributed by atoms with van der Waals surface area (Å²) >= 11 is 1.59. The highest BCUT2D eigenvalue weighted by Crippen LogP contribution is 2.39. The molecule has 2 aromatic rings. The van der Waals surface area contributed by atoms with E-state index in [4.69, 9.17) is 0 Å². The minimum atomic E-state index is -4.31. The molecule has 10 heteroatoms. The van der Waals surface area contributed by atoms with Crippen LogP contribution < -0.4 is 15.5 Å². The number of aromatic nitrogens is 2. The van der Waals surface area contributed by atoms with Gasteiger partial charge in [0, 0.05) is 23.2 Å². The second-order valence-corrected chi connectivity index (χ2v) is 9.06. The minimum absolute atomic E-state index is 0.0838. The van der Waals surface area contributed by atoms with Crippen LogP contribution in [0.2, 0.25) is 0 Å². The van der Waals surface area contributed by atoms with E-state index in [0.717, 1.165) is 29.9 Å². The topological polar surface area (TPSA) is 70.1 Å². The number of halogens is 3. The fourth-order valence-electron chi connectivity index (χ4n) is 3.49. The molecular formula is C20H22F3N5OS. The number of benzene rings is 1. The van der Waals surface area contributed by atoms with Crippen LogP contribution in [0.3, 0.4) is 0 Å². The number of alkyl halides is 3. The molecule has 0 bridgehead atoms. The largest absolute Gasteiger partial charge is 0.416 e. The van der Waals surface area contributed by atoms with Crippen molar-refractivity contribution in [2.75, 3.05) is 22.6 Å². The van der Waals surface area contributed by atoms with Crippen molar-refractivity contribution in [3.8, 4) is 0 Å². The number of thioether (sulfide) groups is 1. The summed E-state index contributed by atoms with van der Waals surface area (Å²) in [5.74, 6) is 1.12. The van der Waals surface area contributed by atoms with Gasteiger partial charge in [0.15, 0.2) is 5.82 Å². The van der Waals surface area contributed by atoms with E-state index in [2.05, 4.69) is 20.6 Å². The maximum atomic E-state index is 12.7. The monoisotopic (exact) mass is 437 g/mol. The van der Waals surface area contributed by atoms with Gasteiger partial charge >= 0.3 is 6.18 Å². The van der Waals surface area contributed by atoms with Crippen molar-refractivity contribution in [3.05, 3.63) is 35.5 Å². The third kappa shape index (κ3) is 4.05. The predicted octanol–water partition coefficient (Wildman–Crippen LogP) is 4.32. The number of carbonyl (C=O) groups is 1. The van der Waals surface area contributed by atoms with Crippen LogP contribution in [0.1, 0.15) is 31.0 Å². The molecule has 6 nitrogen and oxygen atoms in total. The highest BCUT2D eigenvalue weighted by atomic mass is 32.2. The van der Waals surface area contributed by atoms with Crippen molar-refractivity contribution in [1.82, 2.24) is 9.97 Å². The van der Waals surface area contributed by atoms with E-state index in [1.54, 1.807) is 11.8 Å². The van der Waals surface area contributed by atoms with Crippen LogP contribution in [0, 0.1) is 6.92 Å². The van der Waals surface area contributed by atoms with Crippen molar-refractivity contribution >= 4 is 35.1 Å². The van der Waals surface area contributed by atoms with Gasteiger partial charge in [-0.3, -0.25) is 4.79 Å². The average Bonchev–Trinajstić information content (AvgIpc) is 2.65. The molecule has 4 rings (SSSR count). The lowest BCUT2D eigenvalue weighted by atomic mass is 9.92. The highest BCUT2D eigenvalue weighted by Gasteiger charge is 2.34. The standard InChI is InChI=1S/C20H22F3N5OS/c1-10-16-17(28(3)11(2)18(29)26-16)27-19(24-10)25-13-8-15(9-13)30-14-6-4-12(5-7-14)20(21,22)23/h4-7,11,13,15H,8-9H2,1-3H3,(H,26,29)(H,24,25,27)/t11-,13-,15+/m0/s1. The van der Waals surface area contributed by atoms with E-state index in [9.17, 15) is 18.0 Å². The Balaban J connectivity index is 1.35. The molecule has 30 heavy (non-hydrogen) atoms. The molecule has 0 saturated heterocycles. The lowest BCUT2D eigenvalue weighted by Crippen LogP contribution is -2.45. The lowest BCUT2D eigenvalue weighted by molar-refractivity contribution is -0.137. The van der Waals surface area contributed by atoms with Gasteiger partial charge in [-0.05, 0) is 51.0 Å². The summed E-state index contributed by atoms with van der Waals surface area (Å²) in [4.78, 5) is 23.7.